The highest BCUT2D eigenvalue weighted by molar-refractivity contribution is 8.03. The van der Waals surface area contributed by atoms with E-state index in [9.17, 15) is 10.1 Å². The number of carbonyl (C=O) groups is 1. The number of nitriles is 1. The van der Waals surface area contributed by atoms with Gasteiger partial charge in [0.2, 0.25) is 0 Å². The van der Waals surface area contributed by atoms with Crippen molar-refractivity contribution in [1.82, 2.24) is 14.8 Å². The molecular formula is C25H19N5O2S2. The number of carbonyl (C=O) groups excluding carboxylic acids is 1. The zero-order chi connectivity index (χ0) is 23.7. The van der Waals surface area contributed by atoms with Crippen molar-refractivity contribution in [2.45, 2.75) is 17.0 Å². The fraction of sp³-hybridized carbons (Fsp3) is 0.120. The summed E-state index contributed by atoms with van der Waals surface area (Å²) in [6.45, 7) is 1.87. The average molecular weight is 486 g/mol. The van der Waals surface area contributed by atoms with E-state index >= 15 is 0 Å². The average Bonchev–Trinajstić information content (AvgIpc) is 3.56. The molecule has 0 N–H and O–H groups in total. The lowest BCUT2D eigenvalue weighted by Crippen LogP contribution is -2.16. The normalized spacial score (nSPS) is 14.1. The summed E-state index contributed by atoms with van der Waals surface area (Å²) in [5.41, 5.74) is 2.84. The molecule has 0 aliphatic carbocycles. The van der Waals surface area contributed by atoms with E-state index in [-0.39, 0.29) is 17.1 Å². The Labute approximate surface area is 205 Å². The third-order valence-electron chi connectivity index (χ3n) is 5.42. The van der Waals surface area contributed by atoms with E-state index in [1.54, 1.807) is 6.26 Å². The second kappa shape index (κ2) is 9.25. The predicted octanol–water partition coefficient (Wildman–Crippen LogP) is 5.47. The molecule has 0 amide bonds. The quantitative estimate of drug-likeness (QED) is 0.202. The fourth-order valence-corrected chi connectivity index (χ4v) is 5.70. The molecule has 7 nitrogen and oxygen atoms in total. The molecule has 1 aliphatic heterocycles. The van der Waals surface area contributed by atoms with Gasteiger partial charge in [0.25, 0.3) is 0 Å². The van der Waals surface area contributed by atoms with E-state index in [4.69, 9.17) is 4.42 Å². The number of furan rings is 1. The number of benzene rings is 2. The molecule has 2 aromatic heterocycles. The molecule has 0 saturated carbocycles. The second-order valence-corrected chi connectivity index (χ2v) is 9.47. The van der Waals surface area contributed by atoms with E-state index in [1.165, 1.54) is 23.5 Å². The first-order valence-corrected chi connectivity index (χ1v) is 12.2. The monoisotopic (exact) mass is 485 g/mol. The number of nitrogens with zero attached hydrogens (tertiary/aromatic N) is 5. The van der Waals surface area contributed by atoms with Crippen LogP contribution in [0.1, 0.15) is 5.76 Å². The summed E-state index contributed by atoms with van der Waals surface area (Å²) in [6.07, 6.45) is 1.62. The number of allylic oxidation sites excluding steroid dienone is 1. The molecule has 0 atom stereocenters. The molecule has 0 unspecified atom stereocenters. The summed E-state index contributed by atoms with van der Waals surface area (Å²) in [5.74, 6) is 1.17. The van der Waals surface area contributed by atoms with Gasteiger partial charge >= 0.3 is 0 Å². The predicted molar refractivity (Wildman–Crippen MR) is 133 cm³/mol. The Hall–Kier alpha value is -3.74. The molecule has 0 spiro atoms. The van der Waals surface area contributed by atoms with E-state index in [2.05, 4.69) is 16.3 Å². The van der Waals surface area contributed by atoms with Crippen LogP contribution in [-0.4, -0.2) is 33.3 Å². The van der Waals surface area contributed by atoms with Crippen molar-refractivity contribution < 1.29 is 9.21 Å². The first-order valence-electron chi connectivity index (χ1n) is 10.4. The van der Waals surface area contributed by atoms with Gasteiger partial charge in [-0.15, -0.1) is 10.2 Å². The molecule has 0 fully saturated rings. The maximum Gasteiger partial charge on any atom is 0.196 e. The van der Waals surface area contributed by atoms with Crippen LogP contribution in [0.5, 0.6) is 0 Å². The van der Waals surface area contributed by atoms with E-state index in [0.717, 1.165) is 27.6 Å². The largest absolute Gasteiger partial charge is 0.469 e. The van der Waals surface area contributed by atoms with Crippen LogP contribution in [0.15, 0.2) is 92.0 Å². The molecule has 168 valence electrons. The van der Waals surface area contributed by atoms with Gasteiger partial charge in [0.1, 0.15) is 22.4 Å². The van der Waals surface area contributed by atoms with Gasteiger partial charge in [0.15, 0.2) is 16.8 Å². The number of rotatable bonds is 6. The molecule has 3 heterocycles. The summed E-state index contributed by atoms with van der Waals surface area (Å²) >= 11 is 2.70. The van der Waals surface area contributed by atoms with Crippen LogP contribution in [0, 0.1) is 18.3 Å². The molecule has 0 bridgehead atoms. The number of ketones is 1. The Morgan fingerprint density at radius 2 is 1.88 bits per heavy atom. The first-order chi connectivity index (χ1) is 16.6. The van der Waals surface area contributed by atoms with Crippen molar-refractivity contribution in [3.8, 4) is 23.1 Å². The van der Waals surface area contributed by atoms with Gasteiger partial charge in [-0.05, 0) is 37.3 Å². The highest BCUT2D eigenvalue weighted by Gasteiger charge is 2.28. The number of hydrogen-bond donors (Lipinski definition) is 0. The molecule has 5 rings (SSSR count). The van der Waals surface area contributed by atoms with Crippen LogP contribution < -0.4 is 4.90 Å². The van der Waals surface area contributed by atoms with Gasteiger partial charge in [0, 0.05) is 17.6 Å². The Bertz CT molecular complexity index is 1450. The number of para-hydroxylation sites is 2. The maximum absolute atomic E-state index is 13.2. The molecule has 2 aromatic carbocycles. The number of fused-ring (bicyclic) bond motifs is 1. The van der Waals surface area contributed by atoms with Gasteiger partial charge in [0.05, 0.1) is 23.3 Å². The summed E-state index contributed by atoms with van der Waals surface area (Å²) in [7, 11) is 1.87. The van der Waals surface area contributed by atoms with Crippen LogP contribution in [0.25, 0.3) is 17.1 Å². The van der Waals surface area contributed by atoms with Gasteiger partial charge in [-0.25, -0.2) is 0 Å². The Morgan fingerprint density at radius 3 is 2.59 bits per heavy atom. The van der Waals surface area contributed by atoms with Crippen molar-refractivity contribution in [1.29, 1.82) is 5.26 Å². The minimum Gasteiger partial charge on any atom is -0.469 e. The topological polar surface area (TPSA) is 87.9 Å². The lowest BCUT2D eigenvalue weighted by molar-refractivity contribution is -0.112. The van der Waals surface area contributed by atoms with E-state index in [1.807, 2.05) is 84.1 Å². The van der Waals surface area contributed by atoms with Crippen molar-refractivity contribution in [2.24, 2.45) is 0 Å². The molecule has 9 heteroatoms. The number of hydrogen-bond acceptors (Lipinski definition) is 8. The van der Waals surface area contributed by atoms with Crippen LogP contribution in [0.3, 0.4) is 0 Å². The molecule has 0 saturated heterocycles. The van der Waals surface area contributed by atoms with Crippen LogP contribution in [0.2, 0.25) is 0 Å². The summed E-state index contributed by atoms with van der Waals surface area (Å²) in [4.78, 5) is 16.1. The van der Waals surface area contributed by atoms with E-state index < -0.39 is 0 Å². The van der Waals surface area contributed by atoms with E-state index in [0.29, 0.717) is 16.0 Å². The highest BCUT2D eigenvalue weighted by Crippen LogP contribution is 2.46. The van der Waals surface area contributed by atoms with Gasteiger partial charge in [-0.3, -0.25) is 9.36 Å². The third-order valence-corrected chi connectivity index (χ3v) is 7.59. The smallest absolute Gasteiger partial charge is 0.196 e. The Balaban J connectivity index is 1.45. The first kappa shape index (κ1) is 22.1. The Kier molecular flexibility index (Phi) is 6.01. The van der Waals surface area contributed by atoms with Gasteiger partial charge < -0.3 is 9.32 Å². The number of anilines is 1. The lowest BCUT2D eigenvalue weighted by Gasteiger charge is -2.14. The zero-order valence-corrected chi connectivity index (χ0v) is 20.1. The van der Waals surface area contributed by atoms with Crippen molar-refractivity contribution >= 4 is 35.0 Å². The lowest BCUT2D eigenvalue weighted by atomic mass is 10.2. The van der Waals surface area contributed by atoms with Crippen LogP contribution >= 0.6 is 23.5 Å². The van der Waals surface area contributed by atoms with Crippen LogP contribution in [-0.2, 0) is 4.79 Å². The molecule has 1 aliphatic rings. The van der Waals surface area contributed by atoms with Gasteiger partial charge in [-0.2, -0.15) is 5.26 Å². The number of thioether (sulfide) groups is 2. The summed E-state index contributed by atoms with van der Waals surface area (Å²) < 4.78 is 7.37. The molecule has 34 heavy (non-hydrogen) atoms. The highest BCUT2D eigenvalue weighted by atomic mass is 32.2. The number of aromatic nitrogens is 3. The number of aryl methyl sites for hydroxylation is 1. The Morgan fingerprint density at radius 1 is 1.12 bits per heavy atom. The fourth-order valence-electron chi connectivity index (χ4n) is 3.72. The third kappa shape index (κ3) is 3.91. The van der Waals surface area contributed by atoms with Crippen molar-refractivity contribution in [2.75, 3.05) is 17.7 Å². The standard InChI is InChI=1S/C25H19N5O2S2/c1-16-18(12-13-32-16)23-27-28-25(30(23)17-8-4-3-5-9-17)33-15-21(31)19(14-26)24-29(2)20-10-6-7-11-22(20)34-24/h3-13H,15H2,1-2H3/b24-19-. The second-order valence-electron chi connectivity index (χ2n) is 7.50. The number of Topliss-reactive ketones (excluding diaryl/α,β-unsaturated/α-hetero) is 1. The zero-order valence-electron chi connectivity index (χ0n) is 18.4. The summed E-state index contributed by atoms with van der Waals surface area (Å²) in [6, 6.07) is 21.5. The molecule has 4 aromatic rings. The minimum absolute atomic E-state index is 0.0620. The SMILES string of the molecule is Cc1occc1-c1nnc(SCC(=O)/C(C#N)=C2\Sc3ccccc3N2C)n1-c1ccccc1. The van der Waals surface area contributed by atoms with Crippen molar-refractivity contribution in [3.63, 3.8) is 0 Å². The summed E-state index contributed by atoms with van der Waals surface area (Å²) in [5, 5.41) is 19.8. The van der Waals surface area contributed by atoms with Crippen molar-refractivity contribution in [3.05, 3.63) is 83.3 Å². The molecule has 0 radical (unpaired) electrons. The van der Waals surface area contributed by atoms with Crippen LogP contribution in [0.4, 0.5) is 5.69 Å². The molecular weight excluding hydrogens is 466 g/mol. The maximum atomic E-state index is 13.2. The minimum atomic E-state index is -0.252. The van der Waals surface area contributed by atoms with Gasteiger partial charge in [-0.1, -0.05) is 53.9 Å².